The summed E-state index contributed by atoms with van der Waals surface area (Å²) in [6.07, 6.45) is 3.37. The second kappa shape index (κ2) is 9.12. The number of amides is 1. The van der Waals surface area contributed by atoms with E-state index in [4.69, 9.17) is 10.00 Å². The van der Waals surface area contributed by atoms with Crippen molar-refractivity contribution in [2.24, 2.45) is 0 Å². The van der Waals surface area contributed by atoms with E-state index in [1.807, 2.05) is 6.07 Å². The van der Waals surface area contributed by atoms with Gasteiger partial charge in [-0.05, 0) is 37.1 Å². The van der Waals surface area contributed by atoms with Gasteiger partial charge in [0, 0.05) is 25.3 Å². The third kappa shape index (κ3) is 6.58. The predicted octanol–water partition coefficient (Wildman–Crippen LogP) is 3.09. The van der Waals surface area contributed by atoms with E-state index in [-0.39, 0.29) is 5.91 Å². The summed E-state index contributed by atoms with van der Waals surface area (Å²) in [5, 5.41) is 11.5. The molecule has 19 heavy (non-hydrogen) atoms. The number of nitrogens with zero attached hydrogens (tertiary/aromatic N) is 1. The molecular weight excluding hydrogens is 240 g/mol. The fourth-order valence-electron chi connectivity index (χ4n) is 1.53. The molecule has 0 fully saturated rings. The largest absolute Gasteiger partial charge is 0.381 e. The number of ether oxygens (including phenoxy) is 1. The van der Waals surface area contributed by atoms with Crippen molar-refractivity contribution in [1.29, 1.82) is 5.26 Å². The molecule has 1 aromatic carbocycles. The lowest BCUT2D eigenvalue weighted by Gasteiger charge is -2.05. The molecular formula is C15H20N2O2. The summed E-state index contributed by atoms with van der Waals surface area (Å²) in [4.78, 5) is 11.6. The molecule has 1 amide bonds. The fraction of sp³-hybridized carbons (Fsp3) is 0.467. The van der Waals surface area contributed by atoms with Gasteiger partial charge in [0.25, 0.3) is 0 Å². The van der Waals surface area contributed by atoms with Crippen molar-refractivity contribution in [3.8, 4) is 6.07 Å². The number of nitriles is 1. The zero-order valence-corrected chi connectivity index (χ0v) is 11.3. The van der Waals surface area contributed by atoms with Gasteiger partial charge in [0.2, 0.25) is 5.91 Å². The van der Waals surface area contributed by atoms with Crippen LogP contribution >= 0.6 is 0 Å². The molecule has 1 aromatic rings. The Labute approximate surface area is 114 Å². The SMILES string of the molecule is CCCCOCCCC(=O)Nc1ccc(C#N)cc1. The second-order valence-electron chi connectivity index (χ2n) is 4.31. The van der Waals surface area contributed by atoms with Crippen molar-refractivity contribution in [2.75, 3.05) is 18.5 Å². The quantitative estimate of drug-likeness (QED) is 0.730. The summed E-state index contributed by atoms with van der Waals surface area (Å²) in [5.41, 5.74) is 1.30. The van der Waals surface area contributed by atoms with Crippen molar-refractivity contribution in [1.82, 2.24) is 0 Å². The van der Waals surface area contributed by atoms with Gasteiger partial charge in [0.05, 0.1) is 11.6 Å². The number of anilines is 1. The molecule has 4 nitrogen and oxygen atoms in total. The van der Waals surface area contributed by atoms with Crippen LogP contribution in [0.4, 0.5) is 5.69 Å². The van der Waals surface area contributed by atoms with Gasteiger partial charge in [-0.1, -0.05) is 13.3 Å². The van der Waals surface area contributed by atoms with Gasteiger partial charge in [0.1, 0.15) is 0 Å². The first kappa shape index (κ1) is 15.2. The van der Waals surface area contributed by atoms with Crippen LogP contribution in [0.25, 0.3) is 0 Å². The normalized spacial score (nSPS) is 9.89. The Morgan fingerprint density at radius 2 is 1.95 bits per heavy atom. The molecule has 0 saturated carbocycles. The molecule has 1 rings (SSSR count). The van der Waals surface area contributed by atoms with Crippen LogP contribution in [-0.4, -0.2) is 19.1 Å². The average Bonchev–Trinajstić information content (AvgIpc) is 2.43. The van der Waals surface area contributed by atoms with Crippen molar-refractivity contribution >= 4 is 11.6 Å². The van der Waals surface area contributed by atoms with Crippen LogP contribution in [0.1, 0.15) is 38.2 Å². The molecule has 4 heteroatoms. The number of carbonyl (C=O) groups is 1. The fourth-order valence-corrected chi connectivity index (χ4v) is 1.53. The van der Waals surface area contributed by atoms with Crippen molar-refractivity contribution < 1.29 is 9.53 Å². The molecule has 0 unspecified atom stereocenters. The highest BCUT2D eigenvalue weighted by atomic mass is 16.5. The van der Waals surface area contributed by atoms with E-state index in [1.54, 1.807) is 24.3 Å². The zero-order chi connectivity index (χ0) is 13.9. The maximum Gasteiger partial charge on any atom is 0.224 e. The molecule has 0 radical (unpaired) electrons. The molecule has 0 bridgehead atoms. The lowest BCUT2D eigenvalue weighted by atomic mass is 10.2. The Hall–Kier alpha value is -1.86. The van der Waals surface area contributed by atoms with Crippen LogP contribution in [0.15, 0.2) is 24.3 Å². The summed E-state index contributed by atoms with van der Waals surface area (Å²) in [7, 11) is 0. The Balaban J connectivity index is 2.18. The number of hydrogen-bond donors (Lipinski definition) is 1. The lowest BCUT2D eigenvalue weighted by molar-refractivity contribution is -0.116. The van der Waals surface area contributed by atoms with Crippen LogP contribution < -0.4 is 5.32 Å². The van der Waals surface area contributed by atoms with Gasteiger partial charge in [-0.2, -0.15) is 5.26 Å². The summed E-state index contributed by atoms with van der Waals surface area (Å²) >= 11 is 0. The highest BCUT2D eigenvalue weighted by molar-refractivity contribution is 5.90. The molecule has 0 aromatic heterocycles. The Kier molecular flexibility index (Phi) is 7.30. The number of carbonyl (C=O) groups excluding carboxylic acids is 1. The third-order valence-corrected chi connectivity index (χ3v) is 2.63. The van der Waals surface area contributed by atoms with E-state index in [2.05, 4.69) is 12.2 Å². The van der Waals surface area contributed by atoms with Gasteiger partial charge in [-0.3, -0.25) is 4.79 Å². The number of unbranched alkanes of at least 4 members (excludes halogenated alkanes) is 1. The van der Waals surface area contributed by atoms with Gasteiger partial charge in [0.15, 0.2) is 0 Å². The van der Waals surface area contributed by atoms with Gasteiger partial charge in [-0.15, -0.1) is 0 Å². The average molecular weight is 260 g/mol. The van der Waals surface area contributed by atoms with Crippen molar-refractivity contribution in [2.45, 2.75) is 32.6 Å². The monoisotopic (exact) mass is 260 g/mol. The highest BCUT2D eigenvalue weighted by Crippen LogP contribution is 2.09. The molecule has 0 aliphatic rings. The first-order valence-corrected chi connectivity index (χ1v) is 6.64. The first-order valence-electron chi connectivity index (χ1n) is 6.64. The van der Waals surface area contributed by atoms with E-state index in [0.717, 1.165) is 31.6 Å². The van der Waals surface area contributed by atoms with Crippen LogP contribution in [0.5, 0.6) is 0 Å². The van der Waals surface area contributed by atoms with Crippen molar-refractivity contribution in [3.05, 3.63) is 29.8 Å². The van der Waals surface area contributed by atoms with Gasteiger partial charge < -0.3 is 10.1 Å². The molecule has 102 valence electrons. The molecule has 0 atom stereocenters. The number of nitrogens with one attached hydrogen (secondary N) is 1. The van der Waals surface area contributed by atoms with E-state index in [1.165, 1.54) is 0 Å². The highest BCUT2D eigenvalue weighted by Gasteiger charge is 2.02. The minimum atomic E-state index is -0.0243. The first-order chi connectivity index (χ1) is 9.26. The summed E-state index contributed by atoms with van der Waals surface area (Å²) in [6.45, 7) is 3.52. The molecule has 1 N–H and O–H groups in total. The standard InChI is InChI=1S/C15H20N2O2/c1-2-3-10-19-11-4-5-15(18)17-14-8-6-13(12-16)7-9-14/h6-9H,2-5,10-11H2,1H3,(H,17,18). The van der Waals surface area contributed by atoms with Crippen LogP contribution in [-0.2, 0) is 9.53 Å². The summed E-state index contributed by atoms with van der Waals surface area (Å²) in [5.74, 6) is -0.0243. The lowest BCUT2D eigenvalue weighted by Crippen LogP contribution is -2.12. The molecule has 0 heterocycles. The topological polar surface area (TPSA) is 62.1 Å². The van der Waals surface area contributed by atoms with E-state index in [9.17, 15) is 4.79 Å². The Bertz CT molecular complexity index is 421. The summed E-state index contributed by atoms with van der Waals surface area (Å²) in [6, 6.07) is 8.87. The second-order valence-corrected chi connectivity index (χ2v) is 4.31. The molecule has 0 aliphatic heterocycles. The van der Waals surface area contributed by atoms with Crippen LogP contribution in [0, 0.1) is 11.3 Å². The van der Waals surface area contributed by atoms with E-state index < -0.39 is 0 Å². The minimum absolute atomic E-state index is 0.0243. The van der Waals surface area contributed by atoms with E-state index >= 15 is 0 Å². The van der Waals surface area contributed by atoms with Crippen molar-refractivity contribution in [3.63, 3.8) is 0 Å². The zero-order valence-electron chi connectivity index (χ0n) is 11.3. The molecule has 0 aliphatic carbocycles. The minimum Gasteiger partial charge on any atom is -0.381 e. The third-order valence-electron chi connectivity index (χ3n) is 2.63. The number of rotatable bonds is 8. The van der Waals surface area contributed by atoms with E-state index in [0.29, 0.717) is 18.6 Å². The smallest absolute Gasteiger partial charge is 0.224 e. The Morgan fingerprint density at radius 3 is 2.58 bits per heavy atom. The maximum absolute atomic E-state index is 11.6. The molecule has 0 saturated heterocycles. The predicted molar refractivity (Wildman–Crippen MR) is 74.7 cm³/mol. The van der Waals surface area contributed by atoms with Gasteiger partial charge in [-0.25, -0.2) is 0 Å². The number of benzene rings is 1. The summed E-state index contributed by atoms with van der Waals surface area (Å²) < 4.78 is 5.39. The number of hydrogen-bond acceptors (Lipinski definition) is 3. The van der Waals surface area contributed by atoms with Crippen LogP contribution in [0.2, 0.25) is 0 Å². The van der Waals surface area contributed by atoms with Crippen LogP contribution in [0.3, 0.4) is 0 Å². The Morgan fingerprint density at radius 1 is 1.26 bits per heavy atom. The molecule has 0 spiro atoms. The van der Waals surface area contributed by atoms with Gasteiger partial charge >= 0.3 is 0 Å². The maximum atomic E-state index is 11.6.